The number of benzene rings is 2. The molecule has 2 aromatic carbocycles. The minimum absolute atomic E-state index is 0.0826. The summed E-state index contributed by atoms with van der Waals surface area (Å²) in [5, 5.41) is 15.8. The van der Waals surface area contributed by atoms with E-state index in [0.717, 1.165) is 39.6 Å². The highest BCUT2D eigenvalue weighted by atomic mass is 16.6. The Bertz CT molecular complexity index is 1270. The lowest BCUT2D eigenvalue weighted by atomic mass is 10.1. The van der Waals surface area contributed by atoms with Crippen LogP contribution in [0.5, 0.6) is 0 Å². The number of para-hydroxylation sites is 1. The number of nitro groups is 1. The second kappa shape index (κ2) is 6.53. The minimum atomic E-state index is -0.385. The van der Waals surface area contributed by atoms with E-state index in [4.69, 9.17) is 5.10 Å². The lowest BCUT2D eigenvalue weighted by Gasteiger charge is -2.05. The topological polar surface area (TPSA) is 64.8 Å². The molecule has 6 nitrogen and oxygen atoms in total. The minimum Gasteiger partial charge on any atom is -0.258 e. The first-order valence-corrected chi connectivity index (χ1v) is 9.26. The van der Waals surface area contributed by atoms with Crippen LogP contribution in [0.4, 0.5) is 5.69 Å². The second-order valence-electron chi connectivity index (χ2n) is 6.89. The molecule has 0 saturated heterocycles. The third-order valence-electron chi connectivity index (χ3n) is 5.08. The van der Waals surface area contributed by atoms with Gasteiger partial charge >= 0.3 is 0 Å². The molecule has 0 saturated carbocycles. The van der Waals surface area contributed by atoms with Crippen LogP contribution < -0.4 is 4.57 Å². The Morgan fingerprint density at radius 3 is 2.45 bits per heavy atom. The first-order valence-electron chi connectivity index (χ1n) is 9.26. The molecule has 0 fully saturated rings. The zero-order chi connectivity index (χ0) is 20.0. The standard InChI is InChI=1S/C23H17N4O2/c1-16-22-23(26(24-16)18-7-3-2-4-8-18)20(21-9-5-6-14-25(21)22)15-17-10-12-19(13-11-17)27(28)29/h2-15H,1H3/q+1/b20-15-. The molecule has 0 radical (unpaired) electrons. The van der Waals surface area contributed by atoms with Crippen LogP contribution in [0, 0.1) is 17.0 Å². The first-order chi connectivity index (χ1) is 14.1. The summed E-state index contributed by atoms with van der Waals surface area (Å²) in [6, 6.07) is 22.7. The molecule has 0 amide bonds. The van der Waals surface area contributed by atoms with Crippen LogP contribution in [0.2, 0.25) is 0 Å². The molecule has 5 rings (SSSR count). The van der Waals surface area contributed by atoms with Crippen molar-refractivity contribution in [3.63, 3.8) is 0 Å². The van der Waals surface area contributed by atoms with Gasteiger partial charge < -0.3 is 0 Å². The fourth-order valence-corrected chi connectivity index (χ4v) is 3.79. The van der Waals surface area contributed by atoms with Gasteiger partial charge in [-0.15, -0.1) is 0 Å². The Hall–Kier alpha value is -4.06. The summed E-state index contributed by atoms with van der Waals surface area (Å²) < 4.78 is 4.11. The fraction of sp³-hybridized carbons (Fsp3) is 0.0435. The van der Waals surface area contributed by atoms with Crippen LogP contribution in [0.15, 0.2) is 79.0 Å². The number of nitrogens with zero attached hydrogens (tertiary/aromatic N) is 4. The Labute approximate surface area is 167 Å². The van der Waals surface area contributed by atoms with E-state index in [-0.39, 0.29) is 10.6 Å². The molecular weight excluding hydrogens is 364 g/mol. The van der Waals surface area contributed by atoms with Crippen LogP contribution in [0.1, 0.15) is 22.6 Å². The van der Waals surface area contributed by atoms with Crippen molar-refractivity contribution in [3.05, 3.63) is 112 Å². The van der Waals surface area contributed by atoms with E-state index in [1.807, 2.05) is 60.3 Å². The molecule has 0 bridgehead atoms. The van der Waals surface area contributed by atoms with Gasteiger partial charge in [-0.25, -0.2) is 4.68 Å². The molecule has 0 spiro atoms. The summed E-state index contributed by atoms with van der Waals surface area (Å²) in [5.74, 6) is 0. The third-order valence-corrected chi connectivity index (χ3v) is 5.08. The van der Waals surface area contributed by atoms with Gasteiger partial charge in [-0.3, -0.25) is 10.1 Å². The van der Waals surface area contributed by atoms with E-state index in [9.17, 15) is 10.1 Å². The zero-order valence-electron chi connectivity index (χ0n) is 15.7. The van der Waals surface area contributed by atoms with Gasteiger partial charge in [0.05, 0.1) is 16.2 Å². The van der Waals surface area contributed by atoms with Gasteiger partial charge in [0.25, 0.3) is 11.4 Å². The summed E-state index contributed by atoms with van der Waals surface area (Å²) in [6.45, 7) is 2.01. The van der Waals surface area contributed by atoms with Crippen molar-refractivity contribution in [1.82, 2.24) is 9.78 Å². The Balaban J connectivity index is 1.74. The lowest BCUT2D eigenvalue weighted by Crippen LogP contribution is -2.31. The molecule has 0 aliphatic carbocycles. The average Bonchev–Trinajstić information content (AvgIpc) is 3.25. The van der Waals surface area contributed by atoms with Gasteiger partial charge in [0, 0.05) is 24.3 Å². The predicted molar refractivity (Wildman–Crippen MR) is 110 cm³/mol. The summed E-state index contributed by atoms with van der Waals surface area (Å²) in [4.78, 5) is 10.6. The molecule has 0 atom stereocenters. The van der Waals surface area contributed by atoms with Crippen molar-refractivity contribution in [2.45, 2.75) is 6.92 Å². The summed E-state index contributed by atoms with van der Waals surface area (Å²) >= 11 is 0. The molecule has 0 N–H and O–H groups in total. The van der Waals surface area contributed by atoms with Gasteiger partial charge in [-0.1, -0.05) is 18.2 Å². The van der Waals surface area contributed by atoms with E-state index in [1.165, 1.54) is 12.1 Å². The molecule has 0 unspecified atom stereocenters. The highest BCUT2D eigenvalue weighted by Crippen LogP contribution is 2.36. The maximum atomic E-state index is 11.0. The summed E-state index contributed by atoms with van der Waals surface area (Å²) in [7, 11) is 0. The zero-order valence-corrected chi connectivity index (χ0v) is 15.7. The van der Waals surface area contributed by atoms with Crippen LogP contribution in [0.3, 0.4) is 0 Å². The molecule has 3 heterocycles. The van der Waals surface area contributed by atoms with E-state index in [0.29, 0.717) is 0 Å². The van der Waals surface area contributed by atoms with Crippen LogP contribution in [-0.4, -0.2) is 14.7 Å². The smallest absolute Gasteiger partial charge is 0.258 e. The van der Waals surface area contributed by atoms with Gasteiger partial charge in [0.2, 0.25) is 5.69 Å². The van der Waals surface area contributed by atoms with E-state index >= 15 is 0 Å². The number of nitro benzene ring substituents is 1. The van der Waals surface area contributed by atoms with Gasteiger partial charge in [0.15, 0.2) is 11.9 Å². The maximum Gasteiger partial charge on any atom is 0.269 e. The van der Waals surface area contributed by atoms with Gasteiger partial charge in [-0.05, 0) is 48.9 Å². The van der Waals surface area contributed by atoms with Crippen LogP contribution >= 0.6 is 0 Å². The number of non-ortho nitro benzene ring substituents is 1. The predicted octanol–water partition coefficient (Wildman–Crippen LogP) is 4.27. The van der Waals surface area contributed by atoms with Gasteiger partial charge in [-0.2, -0.15) is 9.67 Å². The van der Waals surface area contributed by atoms with E-state index < -0.39 is 0 Å². The average molecular weight is 381 g/mol. The normalized spacial score (nSPS) is 13.3. The quantitative estimate of drug-likeness (QED) is 0.266. The maximum absolute atomic E-state index is 11.0. The number of hydrogen-bond acceptors (Lipinski definition) is 3. The Morgan fingerprint density at radius 2 is 1.72 bits per heavy atom. The van der Waals surface area contributed by atoms with Crippen molar-refractivity contribution in [2.75, 3.05) is 0 Å². The summed E-state index contributed by atoms with van der Waals surface area (Å²) in [5.41, 5.74) is 7.06. The number of aryl methyl sites for hydroxylation is 1. The molecule has 6 heteroatoms. The van der Waals surface area contributed by atoms with Gasteiger partial charge in [0.1, 0.15) is 5.69 Å². The molecule has 1 aliphatic rings. The second-order valence-corrected chi connectivity index (χ2v) is 6.89. The Morgan fingerprint density at radius 1 is 1.00 bits per heavy atom. The van der Waals surface area contributed by atoms with E-state index in [2.05, 4.69) is 16.7 Å². The summed E-state index contributed by atoms with van der Waals surface area (Å²) in [6.07, 6.45) is 4.09. The number of hydrogen-bond donors (Lipinski definition) is 0. The fourth-order valence-electron chi connectivity index (χ4n) is 3.79. The monoisotopic (exact) mass is 381 g/mol. The number of aromatic nitrogens is 3. The van der Waals surface area contributed by atoms with Crippen molar-refractivity contribution in [3.8, 4) is 11.4 Å². The van der Waals surface area contributed by atoms with Crippen molar-refractivity contribution >= 4 is 17.3 Å². The number of pyridine rings is 1. The molecule has 2 aromatic heterocycles. The third kappa shape index (κ3) is 2.73. The molecule has 4 aromatic rings. The molecule has 29 heavy (non-hydrogen) atoms. The van der Waals surface area contributed by atoms with Crippen molar-refractivity contribution < 1.29 is 9.49 Å². The SMILES string of the molecule is Cc1nn(-c2ccccc2)c2c1-[n+]1ccccc1/C2=C/c1ccc([N+](=O)[O-])cc1. The van der Waals surface area contributed by atoms with Crippen LogP contribution in [-0.2, 0) is 0 Å². The highest BCUT2D eigenvalue weighted by molar-refractivity contribution is 5.93. The molecule has 140 valence electrons. The number of fused-ring (bicyclic) bond motifs is 3. The van der Waals surface area contributed by atoms with E-state index in [1.54, 1.807) is 12.1 Å². The Kier molecular flexibility index (Phi) is 3.84. The lowest BCUT2D eigenvalue weighted by molar-refractivity contribution is -0.594. The van der Waals surface area contributed by atoms with Crippen LogP contribution in [0.25, 0.3) is 23.0 Å². The first kappa shape index (κ1) is 17.1. The van der Waals surface area contributed by atoms with Crippen molar-refractivity contribution in [1.29, 1.82) is 0 Å². The largest absolute Gasteiger partial charge is 0.269 e. The molecular formula is C23H17N4O2+. The molecule has 1 aliphatic heterocycles. The van der Waals surface area contributed by atoms with Crippen molar-refractivity contribution in [2.24, 2.45) is 0 Å². The highest BCUT2D eigenvalue weighted by Gasteiger charge is 2.38. The number of rotatable bonds is 3.